The second kappa shape index (κ2) is 10.7. The number of halogens is 5. The number of carbonyl (C=O) groups is 1. The van der Waals surface area contributed by atoms with Gasteiger partial charge in [-0.2, -0.15) is 13.2 Å². The standard InChI is InChI=1S/C20H19ClF4N6O3/c1-33-8-7-30-16(28-29-18(30)20(23,24)25)11-31(13-4-6-17(34-2)26-10-13)19(32)27-12-3-5-15(22)14(21)9-12/h3-6,9-10H,7-8,11H2,1-2H3,(H,27,32). The molecule has 2 aromatic heterocycles. The van der Waals surface area contributed by atoms with Crippen LogP contribution >= 0.6 is 11.6 Å². The number of pyridine rings is 1. The topological polar surface area (TPSA) is 94.4 Å². The van der Waals surface area contributed by atoms with Crippen molar-refractivity contribution in [3.05, 3.63) is 59.0 Å². The summed E-state index contributed by atoms with van der Waals surface area (Å²) >= 11 is 5.77. The molecular weight excluding hydrogens is 484 g/mol. The Labute approximate surface area is 196 Å². The Bertz CT molecular complexity index is 1140. The fraction of sp³-hybridized carbons (Fsp3) is 0.300. The van der Waals surface area contributed by atoms with Crippen molar-refractivity contribution in [1.82, 2.24) is 19.7 Å². The van der Waals surface area contributed by atoms with Crippen LogP contribution in [-0.4, -0.2) is 46.6 Å². The third-order valence-corrected chi connectivity index (χ3v) is 4.85. The van der Waals surface area contributed by atoms with Crippen molar-refractivity contribution in [3.8, 4) is 5.88 Å². The number of nitrogens with zero attached hydrogens (tertiary/aromatic N) is 5. The van der Waals surface area contributed by atoms with Crippen LogP contribution in [0, 0.1) is 5.82 Å². The summed E-state index contributed by atoms with van der Waals surface area (Å²) in [6, 6.07) is 5.75. The Balaban J connectivity index is 1.97. The van der Waals surface area contributed by atoms with E-state index < -0.39 is 30.4 Å². The minimum Gasteiger partial charge on any atom is -0.481 e. The lowest BCUT2D eigenvalue weighted by Crippen LogP contribution is -2.36. The molecule has 0 saturated carbocycles. The van der Waals surface area contributed by atoms with E-state index in [2.05, 4.69) is 20.5 Å². The van der Waals surface area contributed by atoms with Crippen LogP contribution in [0.4, 0.5) is 33.7 Å². The predicted molar refractivity (Wildman–Crippen MR) is 114 cm³/mol. The molecule has 0 spiro atoms. The predicted octanol–water partition coefficient (Wildman–Crippen LogP) is 4.38. The van der Waals surface area contributed by atoms with Crippen LogP contribution in [-0.2, 0) is 24.0 Å². The zero-order chi connectivity index (χ0) is 24.9. The summed E-state index contributed by atoms with van der Waals surface area (Å²) in [6.45, 7) is -0.641. The van der Waals surface area contributed by atoms with Crippen molar-refractivity contribution in [2.45, 2.75) is 19.3 Å². The lowest BCUT2D eigenvalue weighted by molar-refractivity contribution is -0.147. The number of hydrogen-bond donors (Lipinski definition) is 1. The van der Waals surface area contributed by atoms with Gasteiger partial charge in [0.05, 0.1) is 37.2 Å². The monoisotopic (exact) mass is 502 g/mol. The molecule has 3 aromatic rings. The number of aromatic nitrogens is 4. The first kappa shape index (κ1) is 25.2. The Morgan fingerprint density at radius 2 is 1.97 bits per heavy atom. The van der Waals surface area contributed by atoms with Gasteiger partial charge in [0.25, 0.3) is 0 Å². The number of benzene rings is 1. The van der Waals surface area contributed by atoms with Gasteiger partial charge in [-0.25, -0.2) is 14.2 Å². The van der Waals surface area contributed by atoms with E-state index in [-0.39, 0.29) is 41.3 Å². The smallest absolute Gasteiger partial charge is 0.451 e. The molecule has 0 bridgehead atoms. The molecule has 0 unspecified atom stereocenters. The van der Waals surface area contributed by atoms with E-state index in [1.807, 2.05) is 0 Å². The van der Waals surface area contributed by atoms with Gasteiger partial charge in [-0.1, -0.05) is 11.6 Å². The number of ether oxygens (including phenoxy) is 2. The maximum Gasteiger partial charge on any atom is 0.451 e. The van der Waals surface area contributed by atoms with E-state index in [9.17, 15) is 22.4 Å². The number of hydrogen-bond acceptors (Lipinski definition) is 6. The zero-order valence-electron chi connectivity index (χ0n) is 17.9. The fourth-order valence-electron chi connectivity index (χ4n) is 2.92. The van der Waals surface area contributed by atoms with E-state index in [1.165, 1.54) is 44.7 Å². The average Bonchev–Trinajstić information content (AvgIpc) is 3.21. The van der Waals surface area contributed by atoms with Gasteiger partial charge in [-0.15, -0.1) is 10.2 Å². The summed E-state index contributed by atoms with van der Waals surface area (Å²) in [4.78, 5) is 18.2. The molecular formula is C20H19ClF4N6O3. The van der Waals surface area contributed by atoms with Crippen LogP contribution in [0.25, 0.3) is 0 Å². The van der Waals surface area contributed by atoms with E-state index in [1.54, 1.807) is 0 Å². The number of nitrogens with one attached hydrogen (secondary N) is 1. The third kappa shape index (κ3) is 5.91. The molecule has 0 radical (unpaired) electrons. The maximum atomic E-state index is 13.5. The highest BCUT2D eigenvalue weighted by Gasteiger charge is 2.38. The minimum atomic E-state index is -4.77. The summed E-state index contributed by atoms with van der Waals surface area (Å²) in [5.41, 5.74) is 0.390. The van der Waals surface area contributed by atoms with Crippen molar-refractivity contribution in [3.63, 3.8) is 0 Å². The summed E-state index contributed by atoms with van der Waals surface area (Å²) in [7, 11) is 2.75. The largest absolute Gasteiger partial charge is 0.481 e. The highest BCUT2D eigenvalue weighted by atomic mass is 35.5. The van der Waals surface area contributed by atoms with E-state index in [0.717, 1.165) is 15.5 Å². The van der Waals surface area contributed by atoms with Gasteiger partial charge >= 0.3 is 12.2 Å². The zero-order valence-corrected chi connectivity index (χ0v) is 18.7. The number of carbonyl (C=O) groups excluding carboxylic acids is 1. The quantitative estimate of drug-likeness (QED) is 0.459. The van der Waals surface area contributed by atoms with E-state index >= 15 is 0 Å². The normalized spacial score (nSPS) is 11.4. The molecule has 1 aromatic carbocycles. The van der Waals surface area contributed by atoms with Crippen molar-refractivity contribution >= 4 is 29.0 Å². The number of anilines is 2. The molecule has 14 heteroatoms. The van der Waals surface area contributed by atoms with Crippen molar-refractivity contribution in [2.75, 3.05) is 31.0 Å². The van der Waals surface area contributed by atoms with Crippen LogP contribution in [0.1, 0.15) is 11.6 Å². The van der Waals surface area contributed by atoms with Gasteiger partial charge in [0, 0.05) is 25.4 Å². The summed E-state index contributed by atoms with van der Waals surface area (Å²) in [6.07, 6.45) is -3.46. The van der Waals surface area contributed by atoms with Gasteiger partial charge in [0.1, 0.15) is 5.82 Å². The summed E-state index contributed by atoms with van der Waals surface area (Å²) in [5.74, 6) is -1.79. The Hall–Kier alpha value is -3.45. The van der Waals surface area contributed by atoms with Crippen LogP contribution in [0.3, 0.4) is 0 Å². The van der Waals surface area contributed by atoms with Crippen molar-refractivity contribution in [1.29, 1.82) is 0 Å². The second-order valence-electron chi connectivity index (χ2n) is 6.79. The molecule has 2 heterocycles. The Morgan fingerprint density at radius 3 is 2.56 bits per heavy atom. The molecule has 0 aliphatic rings. The molecule has 9 nitrogen and oxygen atoms in total. The van der Waals surface area contributed by atoms with Gasteiger partial charge in [0.2, 0.25) is 11.7 Å². The number of alkyl halides is 3. The average molecular weight is 503 g/mol. The van der Waals surface area contributed by atoms with Gasteiger partial charge in [-0.05, 0) is 24.3 Å². The number of urea groups is 1. The van der Waals surface area contributed by atoms with E-state index in [0.29, 0.717) is 0 Å². The van der Waals surface area contributed by atoms with E-state index in [4.69, 9.17) is 21.1 Å². The van der Waals surface area contributed by atoms with Gasteiger partial charge in [0.15, 0.2) is 5.82 Å². The van der Waals surface area contributed by atoms with Gasteiger partial charge in [-0.3, -0.25) is 4.90 Å². The van der Waals surface area contributed by atoms with Crippen LogP contribution in [0.2, 0.25) is 5.02 Å². The van der Waals surface area contributed by atoms with Crippen molar-refractivity contribution < 1.29 is 31.8 Å². The molecule has 34 heavy (non-hydrogen) atoms. The fourth-order valence-corrected chi connectivity index (χ4v) is 3.10. The summed E-state index contributed by atoms with van der Waals surface area (Å²) < 4.78 is 64.5. The van der Waals surface area contributed by atoms with Crippen molar-refractivity contribution in [2.24, 2.45) is 0 Å². The molecule has 0 aliphatic heterocycles. The van der Waals surface area contributed by atoms with Crippen LogP contribution < -0.4 is 15.0 Å². The number of amides is 2. The summed E-state index contributed by atoms with van der Waals surface area (Å²) in [5, 5.41) is 9.22. The molecule has 0 aliphatic carbocycles. The SMILES string of the molecule is COCCn1c(CN(C(=O)Nc2ccc(F)c(Cl)c2)c2ccc(OC)nc2)nnc1C(F)(F)F. The molecule has 3 rings (SSSR count). The molecule has 2 amide bonds. The molecule has 1 N–H and O–H groups in total. The first-order valence-electron chi connectivity index (χ1n) is 9.66. The highest BCUT2D eigenvalue weighted by Crippen LogP contribution is 2.29. The molecule has 0 saturated heterocycles. The highest BCUT2D eigenvalue weighted by molar-refractivity contribution is 6.31. The maximum absolute atomic E-state index is 13.5. The lowest BCUT2D eigenvalue weighted by Gasteiger charge is -2.23. The minimum absolute atomic E-state index is 0.0432. The molecule has 0 atom stereocenters. The lowest BCUT2D eigenvalue weighted by atomic mass is 10.3. The second-order valence-corrected chi connectivity index (χ2v) is 7.19. The molecule has 0 fully saturated rings. The molecule has 182 valence electrons. The third-order valence-electron chi connectivity index (χ3n) is 4.56. The Morgan fingerprint density at radius 1 is 1.21 bits per heavy atom. The Kier molecular flexibility index (Phi) is 7.89. The van der Waals surface area contributed by atoms with Crippen LogP contribution in [0.5, 0.6) is 5.88 Å². The first-order valence-corrected chi connectivity index (χ1v) is 10.0. The van der Waals surface area contributed by atoms with Crippen LogP contribution in [0.15, 0.2) is 36.5 Å². The van der Waals surface area contributed by atoms with Gasteiger partial charge < -0.3 is 19.4 Å². The number of methoxy groups -OCH3 is 2. The first-order chi connectivity index (χ1) is 16.1. The number of rotatable bonds is 8.